The molecule has 0 amide bonds. The molecule has 0 unspecified atom stereocenters. The molecule has 5 nitrogen and oxygen atoms in total. The maximum Gasteiger partial charge on any atom is 0.110 e. The van der Waals surface area contributed by atoms with Crippen LogP contribution in [0.15, 0.2) is 66.9 Å². The van der Waals surface area contributed by atoms with Gasteiger partial charge in [-0.1, -0.05) is 49.4 Å². The largest absolute Gasteiger partial charge is 0.334 e. The van der Waals surface area contributed by atoms with Crippen molar-refractivity contribution in [2.45, 2.75) is 59.0 Å². The van der Waals surface area contributed by atoms with Crippen LogP contribution in [0.3, 0.4) is 0 Å². The van der Waals surface area contributed by atoms with Crippen LogP contribution >= 0.6 is 0 Å². The number of aromatic nitrogens is 4. The molecule has 0 saturated carbocycles. The number of aryl methyl sites for hydroxylation is 4. The molecular weight excluding hydrogens is 454 g/mol. The second-order valence-electron chi connectivity index (χ2n) is 10.1. The zero-order valence-electron chi connectivity index (χ0n) is 21.5. The lowest BCUT2D eigenvalue weighted by atomic mass is 9.99. The summed E-state index contributed by atoms with van der Waals surface area (Å²) in [5.41, 5.74) is 9.62. The lowest BCUT2D eigenvalue weighted by molar-refractivity contribution is 0.522. The van der Waals surface area contributed by atoms with Crippen LogP contribution in [0.4, 0.5) is 0 Å². The topological polar surface area (TPSA) is 59.4 Å². The standard InChI is InChI=1S/C32H31N5/c1-3-8-31-35-32-22(2)17-26(28-21-36-16-7-6-11-30(36)34-28)18-29(32)37(31)20-23-12-14-24(15-13-23)27-10-5-4-9-25(27)19-33/h4-5,9-10,12-15,17-18,21H,3,6-8,11,16,20H2,1-2H3. The van der Waals surface area contributed by atoms with E-state index in [9.17, 15) is 5.26 Å². The van der Waals surface area contributed by atoms with Gasteiger partial charge in [-0.2, -0.15) is 5.26 Å². The second kappa shape index (κ2) is 9.71. The first-order valence-corrected chi connectivity index (χ1v) is 13.3. The summed E-state index contributed by atoms with van der Waals surface area (Å²) in [5, 5.41) is 9.50. The molecule has 1 aliphatic rings. The van der Waals surface area contributed by atoms with Gasteiger partial charge in [-0.3, -0.25) is 0 Å². The fourth-order valence-corrected chi connectivity index (χ4v) is 5.54. The third-order valence-electron chi connectivity index (χ3n) is 7.45. The molecule has 5 heteroatoms. The molecule has 0 bridgehead atoms. The van der Waals surface area contributed by atoms with Crippen LogP contribution in [0.2, 0.25) is 0 Å². The number of rotatable bonds is 6. The molecule has 3 aromatic carbocycles. The van der Waals surface area contributed by atoms with Gasteiger partial charge in [-0.25, -0.2) is 9.97 Å². The zero-order valence-corrected chi connectivity index (χ0v) is 21.5. The van der Waals surface area contributed by atoms with Gasteiger partial charge in [0.25, 0.3) is 0 Å². The van der Waals surface area contributed by atoms with Gasteiger partial charge in [-0.15, -0.1) is 0 Å². The van der Waals surface area contributed by atoms with Crippen LogP contribution in [-0.4, -0.2) is 19.1 Å². The summed E-state index contributed by atoms with van der Waals surface area (Å²) in [6, 6.07) is 23.2. The molecule has 0 spiro atoms. The highest BCUT2D eigenvalue weighted by Crippen LogP contribution is 2.30. The van der Waals surface area contributed by atoms with Gasteiger partial charge in [0, 0.05) is 37.7 Å². The Labute approximate surface area is 218 Å². The van der Waals surface area contributed by atoms with Crippen molar-refractivity contribution < 1.29 is 0 Å². The van der Waals surface area contributed by atoms with E-state index in [-0.39, 0.29) is 0 Å². The van der Waals surface area contributed by atoms with E-state index in [0.29, 0.717) is 5.56 Å². The Kier molecular flexibility index (Phi) is 6.10. The number of nitrogens with zero attached hydrogens (tertiary/aromatic N) is 5. The highest BCUT2D eigenvalue weighted by Gasteiger charge is 2.18. The molecule has 0 fully saturated rings. The number of hydrogen-bond acceptors (Lipinski definition) is 3. The second-order valence-corrected chi connectivity index (χ2v) is 10.1. The monoisotopic (exact) mass is 485 g/mol. The Morgan fingerprint density at radius 1 is 0.973 bits per heavy atom. The van der Waals surface area contributed by atoms with Crippen LogP contribution in [0.25, 0.3) is 33.4 Å². The molecule has 0 atom stereocenters. The predicted molar refractivity (Wildman–Crippen MR) is 148 cm³/mol. The molecular formula is C32H31N5. The van der Waals surface area contributed by atoms with Gasteiger partial charge < -0.3 is 9.13 Å². The van der Waals surface area contributed by atoms with E-state index in [1.54, 1.807) is 0 Å². The van der Waals surface area contributed by atoms with Crippen LogP contribution < -0.4 is 0 Å². The molecule has 1 aliphatic heterocycles. The Balaban J connectivity index is 1.39. The molecule has 184 valence electrons. The van der Waals surface area contributed by atoms with Crippen LogP contribution in [-0.2, 0) is 25.9 Å². The zero-order chi connectivity index (χ0) is 25.4. The van der Waals surface area contributed by atoms with Gasteiger partial charge in [0.05, 0.1) is 28.4 Å². The Hall–Kier alpha value is -4.17. The van der Waals surface area contributed by atoms with E-state index in [1.165, 1.54) is 40.9 Å². The lowest BCUT2D eigenvalue weighted by Crippen LogP contribution is -2.08. The van der Waals surface area contributed by atoms with Gasteiger partial charge >= 0.3 is 0 Å². The number of fused-ring (bicyclic) bond motifs is 2. The van der Waals surface area contributed by atoms with Crippen LogP contribution in [0.1, 0.15) is 54.5 Å². The predicted octanol–water partition coefficient (Wildman–Crippen LogP) is 7.08. The number of hydrogen-bond donors (Lipinski definition) is 0. The van der Waals surface area contributed by atoms with Crippen LogP contribution in [0.5, 0.6) is 0 Å². The van der Waals surface area contributed by atoms with Crippen molar-refractivity contribution in [1.29, 1.82) is 5.26 Å². The fourth-order valence-electron chi connectivity index (χ4n) is 5.54. The van der Waals surface area contributed by atoms with Crippen molar-refractivity contribution in [1.82, 2.24) is 19.1 Å². The van der Waals surface area contributed by atoms with E-state index in [4.69, 9.17) is 9.97 Å². The quantitative estimate of drug-likeness (QED) is 0.258. The molecule has 0 N–H and O–H groups in total. The summed E-state index contributed by atoms with van der Waals surface area (Å²) in [4.78, 5) is 10.1. The molecule has 0 saturated heterocycles. The summed E-state index contributed by atoms with van der Waals surface area (Å²) in [7, 11) is 0. The average molecular weight is 486 g/mol. The summed E-state index contributed by atoms with van der Waals surface area (Å²) >= 11 is 0. The summed E-state index contributed by atoms with van der Waals surface area (Å²) in [6.07, 6.45) is 7.73. The van der Waals surface area contributed by atoms with Crippen molar-refractivity contribution in [2.24, 2.45) is 0 Å². The fraction of sp³-hybridized carbons (Fsp3) is 0.281. The lowest BCUT2D eigenvalue weighted by Gasteiger charge is -2.11. The van der Waals surface area contributed by atoms with Gasteiger partial charge in [0.15, 0.2) is 0 Å². The first-order valence-electron chi connectivity index (χ1n) is 13.3. The first kappa shape index (κ1) is 23.2. The minimum Gasteiger partial charge on any atom is -0.334 e. The minimum atomic E-state index is 0.699. The highest BCUT2D eigenvalue weighted by molar-refractivity contribution is 5.85. The third-order valence-corrected chi connectivity index (χ3v) is 7.45. The van der Waals surface area contributed by atoms with E-state index in [2.05, 4.69) is 71.6 Å². The average Bonchev–Trinajstić information content (AvgIpc) is 3.51. The molecule has 5 aromatic rings. The minimum absolute atomic E-state index is 0.699. The van der Waals surface area contributed by atoms with Crippen molar-refractivity contribution in [3.63, 3.8) is 0 Å². The maximum atomic E-state index is 9.50. The van der Waals surface area contributed by atoms with E-state index in [1.807, 2.05) is 24.3 Å². The summed E-state index contributed by atoms with van der Waals surface area (Å²) in [5.74, 6) is 2.33. The van der Waals surface area contributed by atoms with E-state index in [0.717, 1.165) is 60.5 Å². The third kappa shape index (κ3) is 4.34. The normalized spacial score (nSPS) is 13.0. The Morgan fingerprint density at radius 3 is 2.59 bits per heavy atom. The van der Waals surface area contributed by atoms with E-state index < -0.39 is 0 Å². The molecule has 6 rings (SSSR count). The van der Waals surface area contributed by atoms with E-state index >= 15 is 0 Å². The molecule has 0 radical (unpaired) electrons. The highest BCUT2D eigenvalue weighted by atomic mass is 15.1. The van der Waals surface area contributed by atoms with Gasteiger partial charge in [0.1, 0.15) is 11.6 Å². The first-order chi connectivity index (χ1) is 18.1. The molecule has 2 aromatic heterocycles. The van der Waals surface area contributed by atoms with Crippen molar-refractivity contribution in [3.05, 3.63) is 95.2 Å². The van der Waals surface area contributed by atoms with Crippen molar-refractivity contribution >= 4 is 11.0 Å². The summed E-state index contributed by atoms with van der Waals surface area (Å²) < 4.78 is 4.70. The Morgan fingerprint density at radius 2 is 1.81 bits per heavy atom. The number of imidazole rings is 2. The van der Waals surface area contributed by atoms with Gasteiger partial charge in [0.2, 0.25) is 0 Å². The van der Waals surface area contributed by atoms with Crippen LogP contribution in [0, 0.1) is 18.3 Å². The molecule has 0 aliphatic carbocycles. The summed E-state index contributed by atoms with van der Waals surface area (Å²) in [6.45, 7) is 6.20. The smallest absolute Gasteiger partial charge is 0.110 e. The SMILES string of the molecule is CCCc1nc2c(C)cc(-c3cn4c(n3)CCCC4)cc2n1Cc1ccc(-c2ccccc2C#N)cc1. The molecule has 3 heterocycles. The van der Waals surface area contributed by atoms with Crippen molar-refractivity contribution in [2.75, 3.05) is 0 Å². The number of nitriles is 1. The van der Waals surface area contributed by atoms with Crippen molar-refractivity contribution in [3.8, 4) is 28.5 Å². The molecule has 37 heavy (non-hydrogen) atoms. The Bertz CT molecular complexity index is 1610. The van der Waals surface area contributed by atoms with Gasteiger partial charge in [-0.05, 0) is 66.6 Å². The maximum absolute atomic E-state index is 9.50. The number of benzene rings is 3.